The number of aromatic nitrogens is 1. The molecule has 216 valence electrons. The maximum atomic E-state index is 12.7. The van der Waals surface area contributed by atoms with Crippen molar-refractivity contribution in [2.75, 3.05) is 36.4 Å². The average Bonchev–Trinajstić information content (AvgIpc) is 2.89. The first-order valence-corrected chi connectivity index (χ1v) is 13.9. The molecule has 2 aliphatic heterocycles. The maximum Gasteiger partial charge on any atom is 0.417 e. The molecule has 4 rings (SSSR count). The molecule has 0 spiro atoms. The molecule has 0 bridgehead atoms. The molecule has 0 aliphatic carbocycles. The Morgan fingerprint density at radius 2 is 1.54 bits per heavy atom. The number of amides is 1. The molecular formula is C31H45F3N4O. The molecule has 39 heavy (non-hydrogen) atoms. The van der Waals surface area contributed by atoms with E-state index in [0.717, 1.165) is 51.0 Å². The van der Waals surface area contributed by atoms with Gasteiger partial charge in [-0.3, -0.25) is 4.79 Å². The molecule has 1 aromatic heterocycles. The van der Waals surface area contributed by atoms with Crippen LogP contribution in [0.2, 0.25) is 0 Å². The van der Waals surface area contributed by atoms with Crippen LogP contribution in [0, 0.1) is 5.92 Å². The second-order valence-corrected chi connectivity index (χ2v) is 11.8. The van der Waals surface area contributed by atoms with Crippen molar-refractivity contribution >= 4 is 17.4 Å². The number of halogens is 3. The van der Waals surface area contributed by atoms with E-state index in [0.29, 0.717) is 31.2 Å². The molecule has 2 saturated heterocycles. The number of pyridine rings is 1. The molecule has 1 amide bonds. The van der Waals surface area contributed by atoms with Crippen LogP contribution in [0.1, 0.15) is 84.3 Å². The van der Waals surface area contributed by atoms with Gasteiger partial charge in [0.15, 0.2) is 0 Å². The van der Waals surface area contributed by atoms with Crippen molar-refractivity contribution < 1.29 is 18.0 Å². The number of benzene rings is 1. The number of likely N-dealkylation sites (tertiary alicyclic amines) is 1. The van der Waals surface area contributed by atoms with Gasteiger partial charge in [0.1, 0.15) is 5.82 Å². The van der Waals surface area contributed by atoms with E-state index in [2.05, 4.69) is 60.2 Å². The smallest absolute Gasteiger partial charge is 0.372 e. The number of nitrogens with one attached hydrogen (secondary N) is 1. The molecule has 2 aliphatic rings. The highest BCUT2D eigenvalue weighted by molar-refractivity contribution is 5.76. The van der Waals surface area contributed by atoms with E-state index in [1.54, 1.807) is 0 Å². The molecule has 1 N–H and O–H groups in total. The fourth-order valence-electron chi connectivity index (χ4n) is 5.48. The third-order valence-electron chi connectivity index (χ3n) is 8.01. The highest BCUT2D eigenvalue weighted by Crippen LogP contribution is 2.30. The highest BCUT2D eigenvalue weighted by atomic mass is 19.4. The Bertz CT molecular complexity index is 1030. The minimum atomic E-state index is -4.38. The quantitative estimate of drug-likeness (QED) is 0.390. The monoisotopic (exact) mass is 546 g/mol. The molecular weight excluding hydrogens is 501 g/mol. The molecule has 0 unspecified atom stereocenters. The molecule has 3 heterocycles. The fraction of sp³-hybridized carbons (Fsp3) is 0.613. The van der Waals surface area contributed by atoms with E-state index in [1.165, 1.54) is 30.2 Å². The number of piperidine rings is 2. The van der Waals surface area contributed by atoms with Crippen LogP contribution in [-0.2, 0) is 16.4 Å². The summed E-state index contributed by atoms with van der Waals surface area (Å²) >= 11 is 0. The highest BCUT2D eigenvalue weighted by Gasteiger charge is 2.31. The van der Waals surface area contributed by atoms with Gasteiger partial charge in [0, 0.05) is 50.5 Å². The van der Waals surface area contributed by atoms with Crippen molar-refractivity contribution in [2.45, 2.75) is 90.8 Å². The number of nitrogens with zero attached hydrogens (tertiary/aromatic N) is 3. The normalized spacial score (nSPS) is 17.6. The summed E-state index contributed by atoms with van der Waals surface area (Å²) in [5.74, 6) is 1.34. The summed E-state index contributed by atoms with van der Waals surface area (Å²) in [6.45, 7) is 10.2. The number of rotatable bonds is 7. The van der Waals surface area contributed by atoms with Crippen molar-refractivity contribution in [1.82, 2.24) is 9.88 Å². The first kappa shape index (κ1) is 30.8. The van der Waals surface area contributed by atoms with E-state index in [-0.39, 0.29) is 24.8 Å². The standard InChI is InChI=1S/C30H41F3N4O.CH4/c1-29(2,3)23-7-10-26(11-8-23)36-17-13-22(14-18-36)5-4-6-28(38)37-19-15-25(16-20-37)35-27-12-9-24(21-34-27)30(31,32)33;/h7-12,21-22,25H,4-6,13-20H2,1-3H3,(H,34,35);1H4. The van der Waals surface area contributed by atoms with Crippen molar-refractivity contribution in [1.29, 1.82) is 0 Å². The lowest BCUT2D eigenvalue weighted by Crippen LogP contribution is -2.42. The lowest BCUT2D eigenvalue weighted by molar-refractivity contribution is -0.137. The van der Waals surface area contributed by atoms with Crippen molar-refractivity contribution in [3.63, 3.8) is 0 Å². The van der Waals surface area contributed by atoms with Gasteiger partial charge >= 0.3 is 6.18 Å². The molecule has 2 aromatic rings. The van der Waals surface area contributed by atoms with Crippen molar-refractivity contribution in [3.05, 3.63) is 53.7 Å². The third-order valence-corrected chi connectivity index (χ3v) is 8.01. The lowest BCUT2D eigenvalue weighted by atomic mass is 9.87. The summed E-state index contributed by atoms with van der Waals surface area (Å²) < 4.78 is 38.1. The SMILES string of the molecule is C.CC(C)(C)c1ccc(N2CCC(CCCC(=O)N3CCC(Nc4ccc(C(F)(F)F)cn4)CC3)CC2)cc1. The minimum Gasteiger partial charge on any atom is -0.372 e. The number of alkyl halides is 3. The molecule has 1 aromatic carbocycles. The zero-order valence-electron chi connectivity index (χ0n) is 22.9. The second-order valence-electron chi connectivity index (χ2n) is 11.8. The second kappa shape index (κ2) is 13.1. The first-order chi connectivity index (χ1) is 18.0. The predicted octanol–water partition coefficient (Wildman–Crippen LogP) is 7.52. The molecule has 8 heteroatoms. The van der Waals surface area contributed by atoms with Gasteiger partial charge < -0.3 is 15.1 Å². The zero-order valence-corrected chi connectivity index (χ0v) is 22.9. The Morgan fingerprint density at radius 1 is 0.923 bits per heavy atom. The Balaban J connectivity index is 0.00000420. The summed E-state index contributed by atoms with van der Waals surface area (Å²) in [5.41, 5.74) is 2.08. The zero-order chi connectivity index (χ0) is 27.3. The van der Waals surface area contributed by atoms with Crippen LogP contribution >= 0.6 is 0 Å². The van der Waals surface area contributed by atoms with Crippen molar-refractivity contribution in [2.24, 2.45) is 5.92 Å². The van der Waals surface area contributed by atoms with Crippen LogP contribution in [-0.4, -0.2) is 48.0 Å². The van der Waals surface area contributed by atoms with Gasteiger partial charge in [0.05, 0.1) is 5.56 Å². The van der Waals surface area contributed by atoms with Crippen LogP contribution < -0.4 is 10.2 Å². The summed E-state index contributed by atoms with van der Waals surface area (Å²) in [7, 11) is 0. The van der Waals surface area contributed by atoms with Crippen LogP contribution in [0.15, 0.2) is 42.6 Å². The first-order valence-electron chi connectivity index (χ1n) is 13.9. The van der Waals surface area contributed by atoms with E-state index >= 15 is 0 Å². The van der Waals surface area contributed by atoms with Gasteiger partial charge in [-0.1, -0.05) is 40.3 Å². The van der Waals surface area contributed by atoms with E-state index < -0.39 is 11.7 Å². The van der Waals surface area contributed by atoms with E-state index in [9.17, 15) is 18.0 Å². The number of carbonyl (C=O) groups is 1. The summed E-state index contributed by atoms with van der Waals surface area (Å²) in [5, 5.41) is 3.21. The van der Waals surface area contributed by atoms with Crippen LogP contribution in [0.3, 0.4) is 0 Å². The van der Waals surface area contributed by atoms with Crippen LogP contribution in [0.4, 0.5) is 24.7 Å². The summed E-state index contributed by atoms with van der Waals surface area (Å²) in [6.07, 6.45) is 2.97. The molecule has 2 fully saturated rings. The number of anilines is 2. The van der Waals surface area contributed by atoms with Gasteiger partial charge in [-0.15, -0.1) is 0 Å². The van der Waals surface area contributed by atoms with Gasteiger partial charge in [-0.2, -0.15) is 13.2 Å². The van der Waals surface area contributed by atoms with Gasteiger partial charge in [0.25, 0.3) is 0 Å². The largest absolute Gasteiger partial charge is 0.417 e. The predicted molar refractivity (Wildman–Crippen MR) is 153 cm³/mol. The Labute approximate surface area is 232 Å². The minimum absolute atomic E-state index is 0. The Morgan fingerprint density at radius 3 is 2.08 bits per heavy atom. The fourth-order valence-corrected chi connectivity index (χ4v) is 5.48. The van der Waals surface area contributed by atoms with Crippen molar-refractivity contribution in [3.8, 4) is 0 Å². The molecule has 0 atom stereocenters. The third kappa shape index (κ3) is 8.61. The van der Waals surface area contributed by atoms with Gasteiger partial charge in [-0.25, -0.2) is 4.98 Å². The summed E-state index contributed by atoms with van der Waals surface area (Å²) in [4.78, 5) is 21.1. The Hall–Kier alpha value is -2.77. The van der Waals surface area contributed by atoms with Gasteiger partial charge in [-0.05, 0) is 79.7 Å². The molecule has 5 nitrogen and oxygen atoms in total. The molecule has 0 saturated carbocycles. The van der Waals surface area contributed by atoms with Crippen LogP contribution in [0.25, 0.3) is 0 Å². The number of carbonyl (C=O) groups excluding carboxylic acids is 1. The average molecular weight is 547 g/mol. The lowest BCUT2D eigenvalue weighted by Gasteiger charge is -2.34. The maximum absolute atomic E-state index is 12.7. The number of hydrogen-bond acceptors (Lipinski definition) is 4. The van der Waals surface area contributed by atoms with E-state index in [4.69, 9.17) is 0 Å². The Kier molecular flexibility index (Phi) is 10.3. The molecule has 0 radical (unpaired) electrons. The van der Waals surface area contributed by atoms with Crippen LogP contribution in [0.5, 0.6) is 0 Å². The summed E-state index contributed by atoms with van der Waals surface area (Å²) in [6, 6.07) is 11.5. The topological polar surface area (TPSA) is 48.5 Å². The van der Waals surface area contributed by atoms with E-state index in [1.807, 2.05) is 4.90 Å². The number of hydrogen-bond donors (Lipinski definition) is 1. The van der Waals surface area contributed by atoms with Gasteiger partial charge in [0.2, 0.25) is 5.91 Å².